The minimum atomic E-state index is 0.0844. The molecule has 2 heterocycles. The third-order valence-electron chi connectivity index (χ3n) is 5.65. The number of benzene rings is 2. The summed E-state index contributed by atoms with van der Waals surface area (Å²) in [6.07, 6.45) is 0. The van der Waals surface area contributed by atoms with Gasteiger partial charge in [0.05, 0.1) is 6.04 Å². The highest BCUT2D eigenvalue weighted by Crippen LogP contribution is 2.28. The van der Waals surface area contributed by atoms with Crippen LogP contribution >= 0.6 is 11.6 Å². The number of anilines is 1. The summed E-state index contributed by atoms with van der Waals surface area (Å²) in [6.45, 7) is 10.4. The zero-order valence-corrected chi connectivity index (χ0v) is 17.3. The van der Waals surface area contributed by atoms with Gasteiger partial charge < -0.3 is 9.32 Å². The van der Waals surface area contributed by atoms with E-state index in [0.717, 1.165) is 31.7 Å². The van der Waals surface area contributed by atoms with Crippen molar-refractivity contribution in [2.75, 3.05) is 31.1 Å². The summed E-state index contributed by atoms with van der Waals surface area (Å²) in [5.74, 6) is 1.16. The van der Waals surface area contributed by atoms with Gasteiger partial charge in [0.25, 0.3) is 0 Å². The van der Waals surface area contributed by atoms with Gasteiger partial charge in [0.1, 0.15) is 0 Å². The molecule has 0 aliphatic carbocycles. The van der Waals surface area contributed by atoms with E-state index >= 15 is 0 Å². The predicted molar refractivity (Wildman–Crippen MR) is 113 cm³/mol. The number of nitrogens with zero attached hydrogens (tertiary/aromatic N) is 4. The Morgan fingerprint density at radius 1 is 1.00 bits per heavy atom. The fraction of sp³-hybridized carbons (Fsp3) is 0.364. The van der Waals surface area contributed by atoms with Gasteiger partial charge in [-0.25, -0.2) is 0 Å². The molecule has 0 amide bonds. The number of aromatic nitrogens is 2. The predicted octanol–water partition coefficient (Wildman–Crippen LogP) is 4.89. The average molecular weight is 397 g/mol. The number of aryl methyl sites for hydroxylation is 1. The van der Waals surface area contributed by atoms with Crippen LogP contribution in [0.3, 0.4) is 0 Å². The van der Waals surface area contributed by atoms with Crippen molar-refractivity contribution in [3.8, 4) is 11.5 Å². The summed E-state index contributed by atoms with van der Waals surface area (Å²) in [5, 5.41) is 9.16. The van der Waals surface area contributed by atoms with Gasteiger partial charge >= 0.3 is 0 Å². The van der Waals surface area contributed by atoms with Gasteiger partial charge in [-0.05, 0) is 56.2 Å². The highest BCUT2D eigenvalue weighted by molar-refractivity contribution is 6.30. The lowest BCUT2D eigenvalue weighted by Crippen LogP contribution is -2.47. The Hall–Kier alpha value is -2.37. The first-order valence-electron chi connectivity index (χ1n) is 9.67. The average Bonchev–Trinajstić information content (AvgIpc) is 3.20. The van der Waals surface area contributed by atoms with E-state index in [9.17, 15) is 0 Å². The van der Waals surface area contributed by atoms with Crippen LogP contribution in [0.5, 0.6) is 0 Å². The molecule has 0 spiro atoms. The van der Waals surface area contributed by atoms with Crippen LogP contribution in [0, 0.1) is 13.8 Å². The van der Waals surface area contributed by atoms with Gasteiger partial charge in [-0.15, -0.1) is 10.2 Å². The Morgan fingerprint density at radius 2 is 1.75 bits per heavy atom. The molecule has 6 heteroatoms. The lowest BCUT2D eigenvalue weighted by atomic mass is 10.1. The van der Waals surface area contributed by atoms with E-state index in [1.54, 1.807) is 0 Å². The Kier molecular flexibility index (Phi) is 5.38. The number of hydrogen-bond acceptors (Lipinski definition) is 5. The summed E-state index contributed by atoms with van der Waals surface area (Å²) >= 11 is 6.07. The molecule has 1 aliphatic rings. The second kappa shape index (κ2) is 7.94. The molecule has 0 bridgehead atoms. The Morgan fingerprint density at radius 3 is 2.50 bits per heavy atom. The van der Waals surface area contributed by atoms with E-state index < -0.39 is 0 Å². The molecule has 146 valence electrons. The van der Waals surface area contributed by atoms with Gasteiger partial charge in [0.2, 0.25) is 11.8 Å². The first-order chi connectivity index (χ1) is 13.5. The second-order valence-corrected chi connectivity index (χ2v) is 7.81. The van der Waals surface area contributed by atoms with Crippen molar-refractivity contribution in [1.82, 2.24) is 15.1 Å². The molecule has 3 aromatic rings. The van der Waals surface area contributed by atoms with Crippen molar-refractivity contribution < 1.29 is 4.42 Å². The normalized spacial score (nSPS) is 16.4. The SMILES string of the molecule is Cc1cccc(N2CCN([C@H](C)c3nnc(-c4cccc(Cl)c4)o3)CC2)c1C. The lowest BCUT2D eigenvalue weighted by molar-refractivity contribution is 0.173. The van der Waals surface area contributed by atoms with Crippen molar-refractivity contribution in [3.63, 3.8) is 0 Å². The zero-order chi connectivity index (χ0) is 19.7. The number of halogens is 1. The Labute approximate surface area is 170 Å². The summed E-state index contributed by atoms with van der Waals surface area (Å²) in [6, 6.07) is 14.1. The van der Waals surface area contributed by atoms with Gasteiger partial charge in [0, 0.05) is 42.5 Å². The standard InChI is InChI=1S/C22H25ClN4O/c1-15-6-4-9-20(16(15)2)27-12-10-26(11-13-27)17(3)21-24-25-22(28-21)18-7-5-8-19(23)14-18/h4-9,14,17H,10-13H2,1-3H3/t17-/m1/s1. The summed E-state index contributed by atoms with van der Waals surface area (Å²) < 4.78 is 5.95. The maximum Gasteiger partial charge on any atom is 0.247 e. The molecule has 28 heavy (non-hydrogen) atoms. The molecular weight excluding hydrogens is 372 g/mol. The third kappa shape index (κ3) is 3.77. The number of hydrogen-bond donors (Lipinski definition) is 0. The van der Waals surface area contributed by atoms with E-state index in [-0.39, 0.29) is 6.04 Å². The molecule has 1 atom stereocenters. The Bertz CT molecular complexity index is 963. The van der Waals surface area contributed by atoms with Gasteiger partial charge in [-0.3, -0.25) is 4.90 Å². The highest BCUT2D eigenvalue weighted by atomic mass is 35.5. The molecule has 0 N–H and O–H groups in total. The fourth-order valence-electron chi connectivity index (χ4n) is 3.73. The minimum Gasteiger partial charge on any atom is -0.419 e. The monoisotopic (exact) mass is 396 g/mol. The molecule has 4 rings (SSSR count). The van der Waals surface area contributed by atoms with E-state index in [1.165, 1.54) is 16.8 Å². The molecular formula is C22H25ClN4O. The van der Waals surface area contributed by atoms with E-state index in [1.807, 2.05) is 24.3 Å². The first-order valence-corrected chi connectivity index (χ1v) is 10.1. The van der Waals surface area contributed by atoms with Crippen LogP contribution in [-0.4, -0.2) is 41.3 Å². The molecule has 0 radical (unpaired) electrons. The number of rotatable bonds is 4. The molecule has 2 aromatic carbocycles. The largest absolute Gasteiger partial charge is 0.419 e. The van der Waals surface area contributed by atoms with E-state index in [4.69, 9.17) is 16.0 Å². The van der Waals surface area contributed by atoms with Crippen LogP contribution in [0.1, 0.15) is 30.0 Å². The molecule has 0 saturated carbocycles. The lowest BCUT2D eigenvalue weighted by Gasteiger charge is -2.38. The molecule has 1 saturated heterocycles. The van der Waals surface area contributed by atoms with Crippen LogP contribution in [0.4, 0.5) is 5.69 Å². The Balaban J connectivity index is 1.43. The van der Waals surface area contributed by atoms with Gasteiger partial charge in [0.15, 0.2) is 0 Å². The maximum atomic E-state index is 6.07. The molecule has 0 unspecified atom stereocenters. The molecule has 1 aromatic heterocycles. The topological polar surface area (TPSA) is 45.4 Å². The molecule has 5 nitrogen and oxygen atoms in total. The van der Waals surface area contributed by atoms with Crippen molar-refractivity contribution in [2.45, 2.75) is 26.8 Å². The van der Waals surface area contributed by atoms with Crippen LogP contribution in [-0.2, 0) is 0 Å². The van der Waals surface area contributed by atoms with E-state index in [0.29, 0.717) is 16.8 Å². The van der Waals surface area contributed by atoms with Crippen molar-refractivity contribution in [1.29, 1.82) is 0 Å². The molecule has 1 aliphatic heterocycles. The maximum absolute atomic E-state index is 6.07. The second-order valence-electron chi connectivity index (χ2n) is 7.37. The smallest absolute Gasteiger partial charge is 0.247 e. The van der Waals surface area contributed by atoms with Crippen LogP contribution < -0.4 is 4.90 Å². The minimum absolute atomic E-state index is 0.0844. The van der Waals surface area contributed by atoms with Crippen molar-refractivity contribution in [2.24, 2.45) is 0 Å². The zero-order valence-electron chi connectivity index (χ0n) is 16.5. The van der Waals surface area contributed by atoms with E-state index in [2.05, 4.69) is 59.0 Å². The van der Waals surface area contributed by atoms with Crippen molar-refractivity contribution in [3.05, 3.63) is 64.5 Å². The first kappa shape index (κ1) is 19.0. The summed E-state index contributed by atoms with van der Waals surface area (Å²) in [5.41, 5.74) is 4.89. The van der Waals surface area contributed by atoms with Crippen LogP contribution in [0.25, 0.3) is 11.5 Å². The highest BCUT2D eigenvalue weighted by Gasteiger charge is 2.26. The fourth-order valence-corrected chi connectivity index (χ4v) is 3.92. The summed E-state index contributed by atoms with van der Waals surface area (Å²) in [4.78, 5) is 4.87. The number of piperazine rings is 1. The summed E-state index contributed by atoms with van der Waals surface area (Å²) in [7, 11) is 0. The molecule has 1 fully saturated rings. The third-order valence-corrected chi connectivity index (χ3v) is 5.88. The van der Waals surface area contributed by atoms with Crippen LogP contribution in [0.15, 0.2) is 46.9 Å². The van der Waals surface area contributed by atoms with Crippen molar-refractivity contribution >= 4 is 17.3 Å². The quantitative estimate of drug-likeness (QED) is 0.628. The van der Waals surface area contributed by atoms with Gasteiger partial charge in [-0.2, -0.15) is 0 Å². The van der Waals surface area contributed by atoms with Crippen LogP contribution in [0.2, 0.25) is 5.02 Å². The van der Waals surface area contributed by atoms with Gasteiger partial charge in [-0.1, -0.05) is 29.8 Å².